The van der Waals surface area contributed by atoms with Crippen molar-refractivity contribution in [2.45, 2.75) is 0 Å². The molecule has 0 unspecified atom stereocenters. The van der Waals surface area contributed by atoms with Gasteiger partial charge in [0, 0.05) is 7.05 Å². The fourth-order valence-corrected chi connectivity index (χ4v) is 1.08. The average molecular weight is 207 g/mol. The van der Waals surface area contributed by atoms with E-state index in [1.807, 2.05) is 0 Å². The predicted molar refractivity (Wildman–Crippen MR) is 57.2 cm³/mol. The largest absolute Gasteiger partial charge is 0.508 e. The molecule has 0 bridgehead atoms. The van der Waals surface area contributed by atoms with Crippen molar-refractivity contribution >= 4 is 12.0 Å². The van der Waals surface area contributed by atoms with Gasteiger partial charge >= 0.3 is 5.97 Å². The second-order valence-corrected chi connectivity index (χ2v) is 2.89. The van der Waals surface area contributed by atoms with E-state index in [4.69, 9.17) is 5.11 Å². The number of carbonyl (C=O) groups is 1. The number of phenolic OH excluding ortho intramolecular Hbond substituents is 1. The molecule has 0 fully saturated rings. The molecule has 15 heavy (non-hydrogen) atoms. The third-order valence-electron chi connectivity index (χ3n) is 1.88. The van der Waals surface area contributed by atoms with Crippen molar-refractivity contribution in [2.75, 3.05) is 14.2 Å². The molecule has 80 valence electrons. The van der Waals surface area contributed by atoms with Crippen LogP contribution in [0.5, 0.6) is 5.75 Å². The molecule has 4 nitrogen and oxygen atoms in total. The predicted octanol–water partition coefficient (Wildman–Crippen LogP) is 1.13. The molecule has 1 rings (SSSR count). The van der Waals surface area contributed by atoms with Crippen LogP contribution in [0.15, 0.2) is 30.0 Å². The van der Waals surface area contributed by atoms with Crippen LogP contribution in [0.3, 0.4) is 0 Å². The van der Waals surface area contributed by atoms with Crippen molar-refractivity contribution in [3.05, 3.63) is 35.5 Å². The second kappa shape index (κ2) is 5.05. The number of aromatic hydroxyl groups is 1. The number of hydrogen-bond donors (Lipinski definition) is 2. The molecule has 0 aromatic heterocycles. The van der Waals surface area contributed by atoms with Gasteiger partial charge in [0.2, 0.25) is 0 Å². The first-order valence-corrected chi connectivity index (χ1v) is 4.44. The van der Waals surface area contributed by atoms with Crippen molar-refractivity contribution in [2.24, 2.45) is 0 Å². The zero-order valence-corrected chi connectivity index (χ0v) is 8.65. The monoisotopic (exact) mass is 207 g/mol. The Kier molecular flexibility index (Phi) is 3.74. The number of nitrogens with one attached hydrogen (secondary N) is 1. The van der Waals surface area contributed by atoms with Gasteiger partial charge in [-0.25, -0.2) is 4.79 Å². The van der Waals surface area contributed by atoms with Gasteiger partial charge in [0.25, 0.3) is 0 Å². The van der Waals surface area contributed by atoms with Crippen LogP contribution in [0.1, 0.15) is 5.56 Å². The zero-order valence-electron chi connectivity index (χ0n) is 8.65. The quantitative estimate of drug-likeness (QED) is 0.576. The highest BCUT2D eigenvalue weighted by Crippen LogP contribution is 2.12. The highest BCUT2D eigenvalue weighted by atomic mass is 16.5. The number of methoxy groups -OCH3 is 1. The molecule has 2 N–H and O–H groups in total. The van der Waals surface area contributed by atoms with Gasteiger partial charge in [-0.2, -0.15) is 0 Å². The minimum Gasteiger partial charge on any atom is -0.508 e. The van der Waals surface area contributed by atoms with Crippen molar-refractivity contribution in [1.29, 1.82) is 0 Å². The van der Waals surface area contributed by atoms with Crippen LogP contribution in [-0.2, 0) is 9.53 Å². The lowest BCUT2D eigenvalue weighted by molar-refractivity contribution is -0.136. The Bertz CT molecular complexity index is 368. The summed E-state index contributed by atoms with van der Waals surface area (Å²) >= 11 is 0. The van der Waals surface area contributed by atoms with Gasteiger partial charge in [0.05, 0.1) is 7.11 Å². The Morgan fingerprint density at radius 1 is 1.40 bits per heavy atom. The first-order valence-electron chi connectivity index (χ1n) is 4.44. The normalized spacial score (nSPS) is 10.9. The van der Waals surface area contributed by atoms with Gasteiger partial charge in [-0.1, -0.05) is 12.1 Å². The average Bonchev–Trinajstić information content (AvgIpc) is 2.27. The van der Waals surface area contributed by atoms with E-state index in [0.717, 1.165) is 5.56 Å². The molecule has 0 radical (unpaired) electrons. The Morgan fingerprint density at radius 2 is 2.00 bits per heavy atom. The summed E-state index contributed by atoms with van der Waals surface area (Å²) in [5, 5.41) is 11.8. The SMILES string of the molecule is CN/C(=C/c1ccc(O)cc1)C(=O)OC. The van der Waals surface area contributed by atoms with E-state index in [9.17, 15) is 4.79 Å². The van der Waals surface area contributed by atoms with E-state index in [0.29, 0.717) is 5.70 Å². The van der Waals surface area contributed by atoms with E-state index >= 15 is 0 Å². The molecular weight excluding hydrogens is 194 g/mol. The minimum absolute atomic E-state index is 0.191. The highest BCUT2D eigenvalue weighted by Gasteiger charge is 2.06. The van der Waals surface area contributed by atoms with E-state index in [-0.39, 0.29) is 5.75 Å². The fourth-order valence-electron chi connectivity index (χ4n) is 1.08. The van der Waals surface area contributed by atoms with Crippen LogP contribution < -0.4 is 5.32 Å². The van der Waals surface area contributed by atoms with Crippen LogP contribution in [0, 0.1) is 0 Å². The maximum absolute atomic E-state index is 11.2. The number of phenols is 1. The first-order chi connectivity index (χ1) is 7.17. The summed E-state index contributed by atoms with van der Waals surface area (Å²) in [7, 11) is 2.97. The van der Waals surface area contributed by atoms with Crippen molar-refractivity contribution in [1.82, 2.24) is 5.32 Å². The van der Waals surface area contributed by atoms with Crippen LogP contribution in [0.25, 0.3) is 6.08 Å². The lowest BCUT2D eigenvalue weighted by Crippen LogP contribution is -2.17. The van der Waals surface area contributed by atoms with Crippen LogP contribution in [0.4, 0.5) is 0 Å². The smallest absolute Gasteiger partial charge is 0.354 e. The Morgan fingerprint density at radius 3 is 2.47 bits per heavy atom. The molecule has 0 saturated heterocycles. The fraction of sp³-hybridized carbons (Fsp3) is 0.182. The number of likely N-dealkylation sites (N-methyl/N-ethyl adjacent to an activating group) is 1. The van der Waals surface area contributed by atoms with Gasteiger partial charge in [0.1, 0.15) is 11.4 Å². The molecule has 0 atom stereocenters. The zero-order chi connectivity index (χ0) is 11.3. The summed E-state index contributed by atoms with van der Waals surface area (Å²) in [6.07, 6.45) is 1.64. The maximum Gasteiger partial charge on any atom is 0.354 e. The lowest BCUT2D eigenvalue weighted by Gasteiger charge is -2.04. The summed E-state index contributed by atoms with van der Waals surface area (Å²) in [5.41, 5.74) is 1.17. The van der Waals surface area contributed by atoms with Gasteiger partial charge in [-0.05, 0) is 23.8 Å². The van der Waals surface area contributed by atoms with Crippen LogP contribution >= 0.6 is 0 Å². The number of ether oxygens (including phenoxy) is 1. The Labute approximate surface area is 88.2 Å². The van der Waals surface area contributed by atoms with E-state index in [1.54, 1.807) is 37.4 Å². The molecule has 0 aliphatic rings. The van der Waals surface area contributed by atoms with Crippen molar-refractivity contribution in [3.8, 4) is 5.75 Å². The van der Waals surface area contributed by atoms with Crippen LogP contribution in [-0.4, -0.2) is 25.2 Å². The molecule has 0 aliphatic heterocycles. The highest BCUT2D eigenvalue weighted by molar-refractivity contribution is 5.92. The Balaban J connectivity index is 2.93. The van der Waals surface area contributed by atoms with Crippen molar-refractivity contribution in [3.63, 3.8) is 0 Å². The molecular formula is C11H13NO3. The molecule has 1 aromatic rings. The molecule has 0 saturated carbocycles. The van der Waals surface area contributed by atoms with Gasteiger partial charge in [-0.3, -0.25) is 0 Å². The van der Waals surface area contributed by atoms with Crippen LogP contribution in [0.2, 0.25) is 0 Å². The summed E-state index contributed by atoms with van der Waals surface area (Å²) in [4.78, 5) is 11.2. The second-order valence-electron chi connectivity index (χ2n) is 2.89. The number of carbonyl (C=O) groups excluding carboxylic acids is 1. The summed E-state index contributed by atoms with van der Waals surface area (Å²) in [5.74, 6) is -0.234. The number of hydrogen-bond acceptors (Lipinski definition) is 4. The molecule has 1 aromatic carbocycles. The Hall–Kier alpha value is -1.97. The molecule has 4 heteroatoms. The van der Waals surface area contributed by atoms with E-state index < -0.39 is 5.97 Å². The minimum atomic E-state index is -0.425. The molecule has 0 aliphatic carbocycles. The third-order valence-corrected chi connectivity index (χ3v) is 1.88. The standard InChI is InChI=1S/C11H13NO3/c1-12-10(11(14)15-2)7-8-3-5-9(13)6-4-8/h3-7,12-13H,1-2H3/b10-7+. The summed E-state index contributed by atoms with van der Waals surface area (Å²) in [6.45, 7) is 0. The molecule has 0 heterocycles. The summed E-state index contributed by atoms with van der Waals surface area (Å²) in [6, 6.07) is 6.51. The maximum atomic E-state index is 11.2. The van der Waals surface area contributed by atoms with E-state index in [2.05, 4.69) is 10.1 Å². The number of benzene rings is 1. The van der Waals surface area contributed by atoms with Crippen molar-refractivity contribution < 1.29 is 14.6 Å². The van der Waals surface area contributed by atoms with Gasteiger partial charge in [-0.15, -0.1) is 0 Å². The van der Waals surface area contributed by atoms with E-state index in [1.165, 1.54) is 7.11 Å². The first kappa shape index (κ1) is 11.1. The van der Waals surface area contributed by atoms with Gasteiger partial charge < -0.3 is 15.2 Å². The van der Waals surface area contributed by atoms with Gasteiger partial charge in [0.15, 0.2) is 0 Å². The third kappa shape index (κ3) is 3.02. The number of esters is 1. The number of rotatable bonds is 3. The lowest BCUT2D eigenvalue weighted by atomic mass is 10.2. The summed E-state index contributed by atoms with van der Waals surface area (Å²) < 4.78 is 4.58. The molecule has 0 spiro atoms. The molecule has 0 amide bonds. The topological polar surface area (TPSA) is 58.6 Å².